The van der Waals surface area contributed by atoms with Crippen LogP contribution in [0.4, 0.5) is 4.39 Å². The Morgan fingerprint density at radius 2 is 2.25 bits per heavy atom. The summed E-state index contributed by atoms with van der Waals surface area (Å²) in [4.78, 5) is 4.45. The van der Waals surface area contributed by atoms with Gasteiger partial charge in [-0.25, -0.2) is 9.37 Å². The normalized spacial score (nSPS) is 12.4. The number of halogens is 1. The van der Waals surface area contributed by atoms with Gasteiger partial charge in [-0.15, -0.1) is 11.3 Å². The molecule has 0 saturated heterocycles. The Morgan fingerprint density at radius 3 is 2.80 bits per heavy atom. The second-order valence-electron chi connectivity index (χ2n) is 4.58. The molecular weight excluding hydrogens is 275 g/mol. The van der Waals surface area contributed by atoms with E-state index in [1.54, 1.807) is 23.5 Å². The molecule has 2 rings (SSSR count). The molecule has 2 aromatic rings. The largest absolute Gasteiger partial charge is 0.497 e. The Bertz CT molecular complexity index is 571. The third-order valence-electron chi connectivity index (χ3n) is 3.08. The molecule has 20 heavy (non-hydrogen) atoms. The number of aryl methyl sites for hydroxylation is 1. The molecule has 1 N–H and O–H groups in total. The van der Waals surface area contributed by atoms with Gasteiger partial charge in [0.25, 0.3) is 0 Å². The molecule has 5 heteroatoms. The smallest absolute Gasteiger partial charge is 0.131 e. The first-order valence-corrected chi connectivity index (χ1v) is 7.49. The van der Waals surface area contributed by atoms with Gasteiger partial charge < -0.3 is 10.1 Å². The van der Waals surface area contributed by atoms with Gasteiger partial charge >= 0.3 is 0 Å². The maximum atomic E-state index is 14.2. The van der Waals surface area contributed by atoms with Crippen LogP contribution in [0.15, 0.2) is 23.6 Å². The summed E-state index contributed by atoms with van der Waals surface area (Å²) in [6.45, 7) is 4.76. The van der Waals surface area contributed by atoms with Crippen LogP contribution in [0.5, 0.6) is 5.75 Å². The van der Waals surface area contributed by atoms with E-state index in [0.29, 0.717) is 17.7 Å². The second kappa shape index (κ2) is 6.81. The standard InChI is InChI=1S/C15H19FN2OS/c1-4-17-14(8-15-18-10(2)9-20-15)12-6-5-11(19-3)7-13(12)16/h5-7,9,14,17H,4,8H2,1-3H3. The molecule has 0 fully saturated rings. The van der Waals surface area contributed by atoms with Crippen LogP contribution < -0.4 is 10.1 Å². The van der Waals surface area contributed by atoms with Gasteiger partial charge in [0.15, 0.2) is 0 Å². The molecule has 0 aliphatic rings. The quantitative estimate of drug-likeness (QED) is 0.885. The molecular formula is C15H19FN2OS. The van der Waals surface area contributed by atoms with E-state index < -0.39 is 0 Å². The van der Waals surface area contributed by atoms with E-state index in [-0.39, 0.29) is 11.9 Å². The number of ether oxygens (including phenoxy) is 1. The third-order valence-corrected chi connectivity index (χ3v) is 4.07. The van der Waals surface area contributed by atoms with Crippen molar-refractivity contribution in [2.75, 3.05) is 13.7 Å². The van der Waals surface area contributed by atoms with Crippen LogP contribution in [0.1, 0.15) is 29.2 Å². The Hall–Kier alpha value is -1.46. The maximum absolute atomic E-state index is 14.2. The third kappa shape index (κ3) is 3.55. The average molecular weight is 294 g/mol. The van der Waals surface area contributed by atoms with Crippen molar-refractivity contribution in [3.8, 4) is 5.75 Å². The average Bonchev–Trinajstić information content (AvgIpc) is 2.83. The molecule has 3 nitrogen and oxygen atoms in total. The number of benzene rings is 1. The van der Waals surface area contributed by atoms with Gasteiger partial charge in [-0.1, -0.05) is 13.0 Å². The van der Waals surface area contributed by atoms with E-state index in [2.05, 4.69) is 10.3 Å². The van der Waals surface area contributed by atoms with Crippen molar-refractivity contribution in [3.05, 3.63) is 45.7 Å². The number of hydrogen-bond donors (Lipinski definition) is 1. The minimum atomic E-state index is -0.247. The monoisotopic (exact) mass is 294 g/mol. The highest BCUT2D eigenvalue weighted by Crippen LogP contribution is 2.25. The van der Waals surface area contributed by atoms with Gasteiger partial charge in [-0.3, -0.25) is 0 Å². The number of likely N-dealkylation sites (N-methyl/N-ethyl adjacent to an activating group) is 1. The van der Waals surface area contributed by atoms with Crippen molar-refractivity contribution in [2.45, 2.75) is 26.3 Å². The van der Waals surface area contributed by atoms with E-state index in [1.165, 1.54) is 13.2 Å². The molecule has 1 atom stereocenters. The fourth-order valence-corrected chi connectivity index (χ4v) is 2.95. The number of thiazole rings is 1. The molecule has 108 valence electrons. The maximum Gasteiger partial charge on any atom is 0.131 e. The van der Waals surface area contributed by atoms with Crippen molar-refractivity contribution in [2.24, 2.45) is 0 Å². The molecule has 0 radical (unpaired) electrons. The zero-order valence-corrected chi connectivity index (χ0v) is 12.8. The van der Waals surface area contributed by atoms with Crippen LogP contribution in [-0.4, -0.2) is 18.6 Å². The van der Waals surface area contributed by atoms with Gasteiger partial charge in [0.05, 0.1) is 12.1 Å². The lowest BCUT2D eigenvalue weighted by molar-refractivity contribution is 0.409. The van der Waals surface area contributed by atoms with E-state index >= 15 is 0 Å². The predicted octanol–water partition coefficient (Wildman–Crippen LogP) is 3.49. The Kier molecular flexibility index (Phi) is 5.09. The van der Waals surface area contributed by atoms with Gasteiger partial charge in [0.2, 0.25) is 0 Å². The van der Waals surface area contributed by atoms with E-state index in [1.807, 2.05) is 19.2 Å². The van der Waals surface area contributed by atoms with Crippen molar-refractivity contribution >= 4 is 11.3 Å². The molecule has 0 aliphatic carbocycles. The fraction of sp³-hybridized carbons (Fsp3) is 0.400. The highest BCUT2D eigenvalue weighted by atomic mass is 32.1. The summed E-state index contributed by atoms with van der Waals surface area (Å²) in [6.07, 6.45) is 0.690. The highest BCUT2D eigenvalue weighted by Gasteiger charge is 2.17. The van der Waals surface area contributed by atoms with Gasteiger partial charge in [-0.2, -0.15) is 0 Å². The van der Waals surface area contributed by atoms with Crippen molar-refractivity contribution in [1.82, 2.24) is 10.3 Å². The Labute approximate surface area is 122 Å². The first-order valence-electron chi connectivity index (χ1n) is 6.61. The summed E-state index contributed by atoms with van der Waals surface area (Å²) in [7, 11) is 1.54. The summed E-state index contributed by atoms with van der Waals surface area (Å²) in [5.41, 5.74) is 1.66. The number of nitrogens with zero attached hydrogens (tertiary/aromatic N) is 1. The van der Waals surface area contributed by atoms with Crippen LogP contribution in [0, 0.1) is 12.7 Å². The summed E-state index contributed by atoms with van der Waals surface area (Å²) >= 11 is 1.61. The molecule has 0 amide bonds. The zero-order chi connectivity index (χ0) is 14.5. The lowest BCUT2D eigenvalue weighted by Crippen LogP contribution is -2.24. The molecule has 0 aliphatic heterocycles. The number of nitrogens with one attached hydrogen (secondary N) is 1. The molecule has 0 saturated carbocycles. The van der Waals surface area contributed by atoms with Crippen LogP contribution in [0.2, 0.25) is 0 Å². The second-order valence-corrected chi connectivity index (χ2v) is 5.53. The van der Waals surface area contributed by atoms with E-state index in [4.69, 9.17) is 4.74 Å². The lowest BCUT2D eigenvalue weighted by atomic mass is 10.0. The first-order chi connectivity index (χ1) is 9.63. The first kappa shape index (κ1) is 14.9. The van der Waals surface area contributed by atoms with Crippen molar-refractivity contribution in [3.63, 3.8) is 0 Å². The highest BCUT2D eigenvalue weighted by molar-refractivity contribution is 7.09. The summed E-state index contributed by atoms with van der Waals surface area (Å²) in [6, 6.07) is 4.92. The van der Waals surface area contributed by atoms with Gasteiger partial charge in [0, 0.05) is 35.2 Å². The van der Waals surface area contributed by atoms with Crippen LogP contribution in [-0.2, 0) is 6.42 Å². The number of rotatable bonds is 6. The zero-order valence-electron chi connectivity index (χ0n) is 11.9. The summed E-state index contributed by atoms with van der Waals surface area (Å²) in [5, 5.41) is 6.35. The van der Waals surface area contributed by atoms with Gasteiger partial charge in [0.1, 0.15) is 11.6 Å². The Balaban J connectivity index is 2.23. The molecule has 1 unspecified atom stereocenters. The lowest BCUT2D eigenvalue weighted by Gasteiger charge is -2.18. The minimum absolute atomic E-state index is 0.0727. The summed E-state index contributed by atoms with van der Waals surface area (Å²) < 4.78 is 19.2. The number of hydrogen-bond acceptors (Lipinski definition) is 4. The molecule has 0 bridgehead atoms. The van der Waals surface area contributed by atoms with Crippen molar-refractivity contribution < 1.29 is 9.13 Å². The Morgan fingerprint density at radius 1 is 1.45 bits per heavy atom. The minimum Gasteiger partial charge on any atom is -0.497 e. The molecule has 1 heterocycles. The van der Waals surface area contributed by atoms with Crippen LogP contribution >= 0.6 is 11.3 Å². The predicted molar refractivity (Wildman–Crippen MR) is 79.9 cm³/mol. The number of methoxy groups -OCH3 is 1. The van der Waals surface area contributed by atoms with Crippen LogP contribution in [0.3, 0.4) is 0 Å². The number of aromatic nitrogens is 1. The van der Waals surface area contributed by atoms with Crippen LogP contribution in [0.25, 0.3) is 0 Å². The van der Waals surface area contributed by atoms with Crippen molar-refractivity contribution in [1.29, 1.82) is 0 Å². The SMILES string of the molecule is CCNC(Cc1nc(C)cs1)c1ccc(OC)cc1F. The van der Waals surface area contributed by atoms with E-state index in [0.717, 1.165) is 17.2 Å². The van der Waals surface area contributed by atoms with E-state index in [9.17, 15) is 4.39 Å². The molecule has 1 aromatic heterocycles. The topological polar surface area (TPSA) is 34.2 Å². The fourth-order valence-electron chi connectivity index (χ4n) is 2.13. The van der Waals surface area contributed by atoms with Gasteiger partial charge in [-0.05, 0) is 19.5 Å². The molecule has 0 spiro atoms. The summed E-state index contributed by atoms with van der Waals surface area (Å²) in [5.74, 6) is 0.287. The molecule has 1 aromatic carbocycles.